The molecular formula is C21H27Cl2N3O4. The van der Waals surface area contributed by atoms with Crippen molar-refractivity contribution in [2.45, 2.75) is 50.6 Å². The van der Waals surface area contributed by atoms with E-state index in [1.54, 1.807) is 19.2 Å². The van der Waals surface area contributed by atoms with Crippen molar-refractivity contribution in [1.29, 1.82) is 0 Å². The highest BCUT2D eigenvalue weighted by Gasteiger charge is 2.40. The zero-order valence-corrected chi connectivity index (χ0v) is 18.7. The van der Waals surface area contributed by atoms with Crippen LogP contribution < -0.4 is 5.73 Å². The van der Waals surface area contributed by atoms with E-state index >= 15 is 0 Å². The standard InChI is InChI=1S/C21H27Cl2N3O4/c1-25(11-18(27)30-2)20(28)12-3-5-14(6-4-12)26(15-7-8-15)21(29)13-9-16(22)19(24)17(23)10-13/h9-10,12,14-15H,3-8,11,24H2,1-2H3. The van der Waals surface area contributed by atoms with E-state index in [0.717, 1.165) is 25.7 Å². The van der Waals surface area contributed by atoms with Gasteiger partial charge in [-0.3, -0.25) is 14.4 Å². The number of hydrogen-bond donors (Lipinski definition) is 1. The predicted molar refractivity (Wildman–Crippen MR) is 115 cm³/mol. The van der Waals surface area contributed by atoms with Crippen LogP contribution in [0.4, 0.5) is 5.69 Å². The van der Waals surface area contributed by atoms with E-state index in [9.17, 15) is 14.4 Å². The summed E-state index contributed by atoms with van der Waals surface area (Å²) in [6, 6.07) is 3.41. The number of nitrogens with two attached hydrogens (primary N) is 1. The predicted octanol–water partition coefficient (Wildman–Crippen LogP) is 3.37. The number of likely N-dealkylation sites (N-methyl/N-ethyl adjacent to an activating group) is 1. The molecule has 1 aromatic carbocycles. The van der Waals surface area contributed by atoms with E-state index in [1.165, 1.54) is 12.0 Å². The number of benzene rings is 1. The molecule has 0 unspecified atom stereocenters. The van der Waals surface area contributed by atoms with Gasteiger partial charge in [0.1, 0.15) is 6.54 Å². The molecule has 9 heteroatoms. The van der Waals surface area contributed by atoms with Crippen LogP contribution >= 0.6 is 23.2 Å². The Hall–Kier alpha value is -1.99. The normalized spacial score (nSPS) is 21.1. The zero-order chi connectivity index (χ0) is 22.0. The third-order valence-electron chi connectivity index (χ3n) is 5.91. The summed E-state index contributed by atoms with van der Waals surface area (Å²) in [4.78, 5) is 40.7. The van der Waals surface area contributed by atoms with Crippen LogP contribution in [0.2, 0.25) is 10.0 Å². The number of methoxy groups -OCH3 is 1. The van der Waals surface area contributed by atoms with Crippen molar-refractivity contribution in [3.05, 3.63) is 27.7 Å². The lowest BCUT2D eigenvalue weighted by atomic mass is 9.84. The molecule has 7 nitrogen and oxygen atoms in total. The van der Waals surface area contributed by atoms with Crippen LogP contribution in [-0.2, 0) is 14.3 Å². The van der Waals surface area contributed by atoms with E-state index < -0.39 is 5.97 Å². The second-order valence-corrected chi connectivity index (χ2v) is 8.89. The van der Waals surface area contributed by atoms with Crippen LogP contribution in [-0.4, -0.2) is 60.4 Å². The fourth-order valence-electron chi connectivity index (χ4n) is 4.09. The minimum Gasteiger partial charge on any atom is -0.468 e. The van der Waals surface area contributed by atoms with E-state index in [1.807, 2.05) is 4.90 Å². The first kappa shape index (κ1) is 22.7. The van der Waals surface area contributed by atoms with Gasteiger partial charge in [-0.05, 0) is 50.7 Å². The highest BCUT2D eigenvalue weighted by Crippen LogP contribution is 2.38. The summed E-state index contributed by atoms with van der Waals surface area (Å²) in [7, 11) is 2.91. The number of carbonyl (C=O) groups is 3. The molecule has 2 aliphatic rings. The Labute approximate surface area is 186 Å². The second kappa shape index (κ2) is 9.43. The lowest BCUT2D eigenvalue weighted by Crippen LogP contribution is -2.46. The SMILES string of the molecule is COC(=O)CN(C)C(=O)C1CCC(N(C(=O)c2cc(Cl)c(N)c(Cl)c2)C2CC2)CC1. The summed E-state index contributed by atoms with van der Waals surface area (Å²) in [5.41, 5.74) is 6.49. The summed E-state index contributed by atoms with van der Waals surface area (Å²) in [5.74, 6) is -0.738. The van der Waals surface area contributed by atoms with Crippen LogP contribution in [0.1, 0.15) is 48.9 Å². The van der Waals surface area contributed by atoms with E-state index in [0.29, 0.717) is 18.4 Å². The minimum atomic E-state index is -0.439. The number of rotatable bonds is 6. The van der Waals surface area contributed by atoms with Crippen molar-refractivity contribution in [1.82, 2.24) is 9.80 Å². The Morgan fingerprint density at radius 3 is 2.00 bits per heavy atom. The highest BCUT2D eigenvalue weighted by atomic mass is 35.5. The average molecular weight is 456 g/mol. The topological polar surface area (TPSA) is 92.9 Å². The first-order valence-electron chi connectivity index (χ1n) is 10.1. The molecule has 2 amide bonds. The van der Waals surface area contributed by atoms with Gasteiger partial charge in [0.05, 0.1) is 22.8 Å². The summed E-state index contributed by atoms with van der Waals surface area (Å²) >= 11 is 12.2. The van der Waals surface area contributed by atoms with Gasteiger partial charge >= 0.3 is 5.97 Å². The van der Waals surface area contributed by atoms with Gasteiger partial charge in [-0.15, -0.1) is 0 Å². The molecule has 2 fully saturated rings. The van der Waals surface area contributed by atoms with Gasteiger partial charge in [0.15, 0.2) is 0 Å². The maximum atomic E-state index is 13.3. The molecule has 0 radical (unpaired) electrons. The van der Waals surface area contributed by atoms with Gasteiger partial charge < -0.3 is 20.3 Å². The van der Waals surface area contributed by atoms with Crippen molar-refractivity contribution in [3.8, 4) is 0 Å². The largest absolute Gasteiger partial charge is 0.468 e. The molecular weight excluding hydrogens is 429 g/mol. The monoisotopic (exact) mass is 455 g/mol. The molecule has 3 rings (SSSR count). The second-order valence-electron chi connectivity index (χ2n) is 8.07. The van der Waals surface area contributed by atoms with E-state index in [2.05, 4.69) is 4.74 Å². The van der Waals surface area contributed by atoms with Gasteiger partial charge in [-0.2, -0.15) is 0 Å². The Bertz CT molecular complexity index is 813. The number of nitrogens with zero attached hydrogens (tertiary/aromatic N) is 2. The number of esters is 1. The summed E-state index contributed by atoms with van der Waals surface area (Å²) in [6.45, 7) is -0.0550. The number of amides is 2. The highest BCUT2D eigenvalue weighted by molar-refractivity contribution is 6.39. The van der Waals surface area contributed by atoms with Crippen molar-refractivity contribution in [2.24, 2.45) is 5.92 Å². The van der Waals surface area contributed by atoms with Crippen molar-refractivity contribution in [2.75, 3.05) is 26.4 Å². The van der Waals surface area contributed by atoms with E-state index in [-0.39, 0.29) is 52.1 Å². The maximum Gasteiger partial charge on any atom is 0.325 e. The molecule has 164 valence electrons. The average Bonchev–Trinajstić information content (AvgIpc) is 3.56. The minimum absolute atomic E-state index is 0.0550. The Kier molecular flexibility index (Phi) is 7.14. The van der Waals surface area contributed by atoms with Gasteiger partial charge in [0.2, 0.25) is 5.91 Å². The first-order chi connectivity index (χ1) is 14.2. The van der Waals surface area contributed by atoms with Gasteiger partial charge in [-0.25, -0.2) is 0 Å². The molecule has 2 aliphatic carbocycles. The molecule has 1 aromatic rings. The molecule has 30 heavy (non-hydrogen) atoms. The first-order valence-corrected chi connectivity index (χ1v) is 10.9. The van der Waals surface area contributed by atoms with Gasteiger partial charge in [0, 0.05) is 30.6 Å². The number of halogens is 2. The number of hydrogen-bond acceptors (Lipinski definition) is 5. The van der Waals surface area contributed by atoms with Gasteiger partial charge in [-0.1, -0.05) is 23.2 Å². The third kappa shape index (κ3) is 5.01. The van der Waals surface area contributed by atoms with E-state index in [4.69, 9.17) is 28.9 Å². The summed E-state index contributed by atoms with van der Waals surface area (Å²) < 4.78 is 4.63. The van der Waals surface area contributed by atoms with Crippen LogP contribution in [0.25, 0.3) is 0 Å². The number of anilines is 1. The fourth-order valence-corrected chi connectivity index (χ4v) is 4.58. The number of nitrogen functional groups attached to an aromatic ring is 1. The molecule has 0 aliphatic heterocycles. The lowest BCUT2D eigenvalue weighted by molar-refractivity contribution is -0.148. The van der Waals surface area contributed by atoms with Crippen molar-refractivity contribution >= 4 is 46.7 Å². The van der Waals surface area contributed by atoms with Crippen molar-refractivity contribution < 1.29 is 19.1 Å². The van der Waals surface area contributed by atoms with Crippen LogP contribution in [0.3, 0.4) is 0 Å². The van der Waals surface area contributed by atoms with Gasteiger partial charge in [0.25, 0.3) is 5.91 Å². The molecule has 0 bridgehead atoms. The Morgan fingerprint density at radius 1 is 1.03 bits per heavy atom. The molecule has 0 spiro atoms. The smallest absolute Gasteiger partial charge is 0.325 e. The molecule has 0 atom stereocenters. The number of ether oxygens (including phenoxy) is 1. The van der Waals surface area contributed by atoms with Crippen molar-refractivity contribution in [3.63, 3.8) is 0 Å². The maximum absolute atomic E-state index is 13.3. The Balaban J connectivity index is 1.66. The molecule has 2 N–H and O–H groups in total. The summed E-state index contributed by atoms with van der Waals surface area (Å²) in [5, 5.41) is 0.536. The molecule has 2 saturated carbocycles. The van der Waals surface area contributed by atoms with Crippen LogP contribution in [0, 0.1) is 5.92 Å². The van der Waals surface area contributed by atoms with Crippen LogP contribution in [0.5, 0.6) is 0 Å². The molecule has 0 saturated heterocycles. The number of carbonyl (C=O) groups excluding carboxylic acids is 3. The zero-order valence-electron chi connectivity index (χ0n) is 17.2. The van der Waals surface area contributed by atoms with Crippen LogP contribution in [0.15, 0.2) is 12.1 Å². The molecule has 0 heterocycles. The Morgan fingerprint density at radius 2 is 1.53 bits per heavy atom. The third-order valence-corrected chi connectivity index (χ3v) is 6.54. The quantitative estimate of drug-likeness (QED) is 0.524. The fraction of sp³-hybridized carbons (Fsp3) is 0.571. The lowest BCUT2D eigenvalue weighted by Gasteiger charge is -2.37. The summed E-state index contributed by atoms with van der Waals surface area (Å²) in [6.07, 6.45) is 4.78. The molecule has 0 aromatic heterocycles.